The molecule has 0 bridgehead atoms. The van der Waals surface area contributed by atoms with Crippen molar-refractivity contribution in [2.75, 3.05) is 11.5 Å². The second-order valence-corrected chi connectivity index (χ2v) is 12.4. The van der Waals surface area contributed by atoms with Crippen molar-refractivity contribution in [1.82, 2.24) is 0 Å². The highest BCUT2D eigenvalue weighted by Crippen LogP contribution is 2.37. The monoisotopic (exact) mass is 566 g/mol. The molecular formula is C34H34N2O2S2+2. The summed E-state index contributed by atoms with van der Waals surface area (Å²) in [5.41, 5.74) is 3.74. The number of hydrogen-bond acceptors (Lipinski definition) is 4. The topological polar surface area (TPSA) is 68.7 Å². The highest BCUT2D eigenvalue weighted by atomic mass is 32.2. The van der Waals surface area contributed by atoms with Crippen LogP contribution in [-0.2, 0) is 0 Å². The van der Waals surface area contributed by atoms with E-state index in [4.69, 9.17) is 0 Å². The average Bonchev–Trinajstić information content (AvgIpc) is 2.98. The molecule has 40 heavy (non-hydrogen) atoms. The van der Waals surface area contributed by atoms with Gasteiger partial charge in [-0.2, -0.15) is 0 Å². The van der Waals surface area contributed by atoms with Crippen LogP contribution < -0.4 is 9.97 Å². The van der Waals surface area contributed by atoms with E-state index >= 15 is 0 Å². The number of phenols is 2. The number of aromatic hydroxyl groups is 2. The highest BCUT2D eigenvalue weighted by Gasteiger charge is 2.18. The Morgan fingerprint density at radius 2 is 0.850 bits per heavy atom. The van der Waals surface area contributed by atoms with Crippen LogP contribution in [-0.4, -0.2) is 21.7 Å². The Hall–Kier alpha value is -3.48. The average molecular weight is 567 g/mol. The van der Waals surface area contributed by atoms with Crippen LogP contribution in [0, 0.1) is 0 Å². The lowest BCUT2D eigenvalue weighted by Crippen LogP contribution is -2.06. The van der Waals surface area contributed by atoms with E-state index in [0.29, 0.717) is 11.5 Å². The molecule has 2 aromatic heterocycles. The lowest BCUT2D eigenvalue weighted by molar-refractivity contribution is -0.311. The van der Waals surface area contributed by atoms with Crippen molar-refractivity contribution in [2.24, 2.45) is 0 Å². The molecule has 4 aromatic carbocycles. The van der Waals surface area contributed by atoms with E-state index in [2.05, 4.69) is 58.5 Å². The van der Waals surface area contributed by atoms with Crippen molar-refractivity contribution in [1.29, 1.82) is 0 Å². The van der Waals surface area contributed by atoms with Gasteiger partial charge in [0.1, 0.15) is 0 Å². The molecule has 0 unspecified atom stereocenters. The molecule has 0 saturated heterocycles. The molecule has 0 amide bonds. The first-order valence-corrected chi connectivity index (χ1v) is 16.0. The van der Waals surface area contributed by atoms with Crippen LogP contribution >= 0.6 is 23.5 Å². The number of nitrogens with one attached hydrogen (secondary N) is 2. The molecule has 4 nitrogen and oxygen atoms in total. The molecule has 6 aromatic rings. The van der Waals surface area contributed by atoms with Gasteiger partial charge in [0, 0.05) is 21.9 Å². The Morgan fingerprint density at radius 1 is 0.450 bits per heavy atom. The number of aromatic nitrogens is 2. The van der Waals surface area contributed by atoms with Gasteiger partial charge in [0.2, 0.25) is 11.0 Å². The number of phenolic OH excluding ortho intramolecular Hbond substituents is 2. The number of H-pyrrole nitrogens is 2. The number of pyridine rings is 2. The predicted molar refractivity (Wildman–Crippen MR) is 168 cm³/mol. The smallest absolute Gasteiger partial charge is 0.254 e. The number of rotatable bonds is 11. The minimum absolute atomic E-state index is 0.299. The summed E-state index contributed by atoms with van der Waals surface area (Å²) in [6, 6.07) is 28.2. The minimum atomic E-state index is 0.299. The molecule has 0 aliphatic carbocycles. The van der Waals surface area contributed by atoms with Gasteiger partial charge in [0.25, 0.3) is 11.0 Å². The highest BCUT2D eigenvalue weighted by molar-refractivity contribution is 8.00. The summed E-state index contributed by atoms with van der Waals surface area (Å²) in [6.07, 6.45) is 7.38. The van der Waals surface area contributed by atoms with E-state index in [1.54, 1.807) is 12.1 Å². The number of para-hydroxylation sites is 4. The SMILES string of the molecule is Oc1cccc2c(SCCCCCCCCSc3c4ccccc4[nH+]c4c(O)cccc34)c3ccccc3[nH+]c12. The zero-order valence-electron chi connectivity index (χ0n) is 22.5. The third-order valence-corrected chi connectivity index (χ3v) is 9.91. The molecule has 202 valence electrons. The molecular weight excluding hydrogens is 533 g/mol. The van der Waals surface area contributed by atoms with E-state index in [-0.39, 0.29) is 0 Å². The van der Waals surface area contributed by atoms with Gasteiger partial charge in [0.05, 0.1) is 21.5 Å². The zero-order valence-corrected chi connectivity index (χ0v) is 24.1. The van der Waals surface area contributed by atoms with E-state index in [1.165, 1.54) is 59.1 Å². The van der Waals surface area contributed by atoms with E-state index < -0.39 is 0 Å². The lowest BCUT2D eigenvalue weighted by Gasteiger charge is -2.08. The first-order chi connectivity index (χ1) is 19.7. The quantitative estimate of drug-likeness (QED) is 0.0936. The van der Waals surface area contributed by atoms with Crippen molar-refractivity contribution in [3.05, 3.63) is 84.9 Å². The Balaban J connectivity index is 0.984. The number of aromatic amines is 2. The summed E-state index contributed by atoms with van der Waals surface area (Å²) >= 11 is 3.81. The Labute approximate surface area is 242 Å². The number of unbranched alkanes of at least 4 members (excludes halogenated alkanes) is 5. The van der Waals surface area contributed by atoms with Crippen molar-refractivity contribution in [3.8, 4) is 11.5 Å². The molecule has 0 fully saturated rings. The first-order valence-electron chi connectivity index (χ1n) is 14.1. The van der Waals surface area contributed by atoms with Crippen LogP contribution in [0.15, 0.2) is 94.7 Å². The van der Waals surface area contributed by atoms with Gasteiger partial charge in [0.15, 0.2) is 11.5 Å². The largest absolute Gasteiger partial charge is 0.502 e. The van der Waals surface area contributed by atoms with E-state index in [9.17, 15) is 10.2 Å². The summed E-state index contributed by atoms with van der Waals surface area (Å²) in [5, 5.41) is 25.4. The van der Waals surface area contributed by atoms with Gasteiger partial charge in [-0.1, -0.05) is 62.1 Å². The molecule has 0 spiro atoms. The van der Waals surface area contributed by atoms with Crippen LogP contribution in [0.25, 0.3) is 43.6 Å². The summed E-state index contributed by atoms with van der Waals surface area (Å²) in [4.78, 5) is 9.32. The van der Waals surface area contributed by atoms with Gasteiger partial charge in [-0.05, 0) is 60.7 Å². The first kappa shape index (κ1) is 26.7. The molecule has 2 heterocycles. The third kappa shape index (κ3) is 5.56. The summed E-state index contributed by atoms with van der Waals surface area (Å²) in [6.45, 7) is 0. The Bertz CT molecular complexity index is 1670. The molecule has 6 rings (SSSR count). The normalized spacial score (nSPS) is 11.7. The van der Waals surface area contributed by atoms with Gasteiger partial charge in [-0.3, -0.25) is 0 Å². The summed E-state index contributed by atoms with van der Waals surface area (Å²) in [5.74, 6) is 2.75. The number of benzene rings is 4. The van der Waals surface area contributed by atoms with E-state index in [0.717, 1.165) is 44.3 Å². The molecule has 0 aliphatic rings. The van der Waals surface area contributed by atoms with Crippen LogP contribution in [0.5, 0.6) is 11.5 Å². The molecule has 4 N–H and O–H groups in total. The van der Waals surface area contributed by atoms with Crippen LogP contribution in [0.1, 0.15) is 38.5 Å². The number of thioether (sulfide) groups is 2. The summed E-state index contributed by atoms with van der Waals surface area (Å²) < 4.78 is 0. The van der Waals surface area contributed by atoms with Gasteiger partial charge in [-0.15, -0.1) is 23.5 Å². The molecule has 0 atom stereocenters. The van der Waals surface area contributed by atoms with Crippen molar-refractivity contribution < 1.29 is 20.2 Å². The molecule has 0 saturated carbocycles. The summed E-state index contributed by atoms with van der Waals surface area (Å²) in [7, 11) is 0. The third-order valence-electron chi connectivity index (χ3n) is 7.47. The number of fused-ring (bicyclic) bond motifs is 4. The van der Waals surface area contributed by atoms with E-state index in [1.807, 2.05) is 47.8 Å². The molecule has 0 aliphatic heterocycles. The van der Waals surface area contributed by atoms with Gasteiger partial charge < -0.3 is 10.2 Å². The van der Waals surface area contributed by atoms with Crippen molar-refractivity contribution in [2.45, 2.75) is 48.3 Å². The van der Waals surface area contributed by atoms with Crippen LogP contribution in [0.2, 0.25) is 0 Å². The fraction of sp³-hybridized carbons (Fsp3) is 0.235. The molecule has 0 radical (unpaired) electrons. The Kier molecular flexibility index (Phi) is 8.26. The standard InChI is InChI=1S/C34H32N2O2S2/c37-29-19-11-15-25-31(29)35-27-17-7-5-13-23(27)33(25)39-21-9-3-1-2-4-10-22-40-34-24-14-6-8-18-28(24)36-32-26(34)16-12-20-30(32)38/h5-8,11-20,37-38H,1-4,9-10,21-22H2/p+2. The number of hydrogen-bond donors (Lipinski definition) is 2. The maximum atomic E-state index is 10.4. The van der Waals surface area contributed by atoms with Gasteiger partial charge in [-0.25, -0.2) is 9.97 Å². The fourth-order valence-electron chi connectivity index (χ4n) is 5.43. The lowest BCUT2D eigenvalue weighted by atomic mass is 10.1. The maximum Gasteiger partial charge on any atom is 0.254 e. The van der Waals surface area contributed by atoms with Crippen LogP contribution in [0.3, 0.4) is 0 Å². The second kappa shape index (κ2) is 12.4. The molecule has 6 heteroatoms. The van der Waals surface area contributed by atoms with Crippen molar-refractivity contribution in [3.63, 3.8) is 0 Å². The zero-order chi connectivity index (χ0) is 27.3. The predicted octanol–water partition coefficient (Wildman–Crippen LogP) is 8.56. The maximum absolute atomic E-state index is 10.4. The Morgan fingerprint density at radius 3 is 1.32 bits per heavy atom. The second-order valence-electron chi connectivity index (χ2n) is 10.2. The minimum Gasteiger partial charge on any atom is -0.502 e. The van der Waals surface area contributed by atoms with Gasteiger partial charge >= 0.3 is 0 Å². The fourth-order valence-corrected chi connectivity index (χ4v) is 7.86. The van der Waals surface area contributed by atoms with Crippen LogP contribution in [0.4, 0.5) is 0 Å². The van der Waals surface area contributed by atoms with Crippen molar-refractivity contribution >= 4 is 67.1 Å².